The van der Waals surface area contributed by atoms with Gasteiger partial charge in [-0.15, -0.1) is 0 Å². The monoisotopic (exact) mass is 226 g/mol. The highest BCUT2D eigenvalue weighted by molar-refractivity contribution is 5.67. The van der Waals surface area contributed by atoms with Gasteiger partial charge in [0.15, 0.2) is 0 Å². The number of hydrogen-bond acceptors (Lipinski definition) is 6. The van der Waals surface area contributed by atoms with Crippen LogP contribution in [-0.2, 0) is 0 Å². The molecule has 8 heteroatoms. The molecule has 0 unspecified atom stereocenters. The smallest absolute Gasteiger partial charge is 0.468 e. The van der Waals surface area contributed by atoms with Gasteiger partial charge in [-0.25, -0.2) is 0 Å². The summed E-state index contributed by atoms with van der Waals surface area (Å²) in [6.07, 6.45) is 0. The van der Waals surface area contributed by atoms with Gasteiger partial charge in [-0.1, -0.05) is 12.1 Å². The Balaban J connectivity index is 3.39. The van der Waals surface area contributed by atoms with Gasteiger partial charge in [-0.2, -0.15) is 0 Å². The number of nitro benzene ring substituents is 1. The fraction of sp³-hybridized carbons (Fsp3) is 0. The third-order valence-corrected chi connectivity index (χ3v) is 1.74. The van der Waals surface area contributed by atoms with Gasteiger partial charge in [0.05, 0.1) is 4.92 Å². The normalized spacial score (nSPS) is 11.8. The molecule has 0 aliphatic rings. The third-order valence-electron chi connectivity index (χ3n) is 1.74. The molecule has 1 rings (SSSR count). The number of benzene rings is 1. The molecule has 84 valence electrons. The second-order valence-electron chi connectivity index (χ2n) is 2.70. The number of nitro groups is 2. The SMILES string of the molecule is O=[N+]([O-])C(O)=C(O)c1ccccc1[N+](=O)[O-]. The quantitative estimate of drug-likeness (QED) is 0.457. The van der Waals surface area contributed by atoms with E-state index in [2.05, 4.69) is 0 Å². The third kappa shape index (κ3) is 2.05. The fourth-order valence-corrected chi connectivity index (χ4v) is 1.04. The van der Waals surface area contributed by atoms with Crippen LogP contribution in [0.1, 0.15) is 5.56 Å². The first kappa shape index (κ1) is 11.4. The molecule has 0 spiro atoms. The van der Waals surface area contributed by atoms with Crippen molar-refractivity contribution >= 4 is 11.4 Å². The van der Waals surface area contributed by atoms with E-state index in [-0.39, 0.29) is 0 Å². The summed E-state index contributed by atoms with van der Waals surface area (Å²) in [6, 6.07) is 4.82. The summed E-state index contributed by atoms with van der Waals surface area (Å²) in [4.78, 5) is 18.6. The van der Waals surface area contributed by atoms with Crippen molar-refractivity contribution < 1.29 is 20.1 Å². The standard InChI is InChI=1S/C8H6N2O6/c11-7(8(12)10(15)16)5-3-1-2-4-6(5)9(13)14/h1-4,11-12H. The predicted octanol–water partition coefficient (Wildman–Crippen LogP) is 1.61. The summed E-state index contributed by atoms with van der Waals surface area (Å²) in [5, 5.41) is 38.8. The lowest BCUT2D eigenvalue weighted by molar-refractivity contribution is -0.458. The largest absolute Gasteiger partial charge is 0.499 e. The minimum absolute atomic E-state index is 0.415. The Labute approximate surface area is 88.4 Å². The van der Waals surface area contributed by atoms with Gasteiger partial charge in [0, 0.05) is 6.07 Å². The van der Waals surface area contributed by atoms with Crippen molar-refractivity contribution in [1.82, 2.24) is 0 Å². The summed E-state index contributed by atoms with van der Waals surface area (Å²) in [5.41, 5.74) is -0.949. The number of hydrogen-bond donors (Lipinski definition) is 2. The van der Waals surface area contributed by atoms with Gasteiger partial charge >= 0.3 is 5.88 Å². The van der Waals surface area contributed by atoms with E-state index in [1.165, 1.54) is 12.1 Å². The number of rotatable bonds is 3. The zero-order chi connectivity index (χ0) is 12.3. The van der Waals surface area contributed by atoms with Crippen LogP contribution in [0.4, 0.5) is 5.69 Å². The predicted molar refractivity (Wildman–Crippen MR) is 52.3 cm³/mol. The molecule has 16 heavy (non-hydrogen) atoms. The summed E-state index contributed by atoms with van der Waals surface area (Å²) < 4.78 is 0. The summed E-state index contributed by atoms with van der Waals surface area (Å²) >= 11 is 0. The molecule has 0 radical (unpaired) electrons. The number of aliphatic hydroxyl groups is 2. The second kappa shape index (κ2) is 4.26. The van der Waals surface area contributed by atoms with E-state index < -0.39 is 32.7 Å². The van der Waals surface area contributed by atoms with Crippen molar-refractivity contribution in [3.8, 4) is 0 Å². The van der Waals surface area contributed by atoms with Gasteiger partial charge in [-0.05, 0) is 6.07 Å². The van der Waals surface area contributed by atoms with Crippen molar-refractivity contribution in [1.29, 1.82) is 0 Å². The molecule has 0 heterocycles. The van der Waals surface area contributed by atoms with Crippen LogP contribution in [-0.4, -0.2) is 20.1 Å². The molecule has 0 aliphatic carbocycles. The number of aliphatic hydroxyl groups excluding tert-OH is 2. The first-order valence-electron chi connectivity index (χ1n) is 3.95. The molecule has 0 aromatic heterocycles. The zero-order valence-corrected chi connectivity index (χ0v) is 7.73. The van der Waals surface area contributed by atoms with Gasteiger partial charge in [0.2, 0.25) is 5.76 Å². The van der Waals surface area contributed by atoms with E-state index in [1.807, 2.05) is 0 Å². The number of para-hydroxylation sites is 1. The van der Waals surface area contributed by atoms with Crippen LogP contribution in [0.5, 0.6) is 0 Å². The van der Waals surface area contributed by atoms with Gasteiger partial charge in [0.1, 0.15) is 10.5 Å². The van der Waals surface area contributed by atoms with E-state index in [1.54, 1.807) is 0 Å². The zero-order valence-electron chi connectivity index (χ0n) is 7.73. The molecule has 0 saturated carbocycles. The lowest BCUT2D eigenvalue weighted by Gasteiger charge is -1.99. The molecule has 8 nitrogen and oxygen atoms in total. The fourth-order valence-electron chi connectivity index (χ4n) is 1.04. The van der Waals surface area contributed by atoms with Crippen LogP contribution in [0.3, 0.4) is 0 Å². The van der Waals surface area contributed by atoms with E-state index in [4.69, 9.17) is 5.11 Å². The van der Waals surface area contributed by atoms with Gasteiger partial charge in [-0.3, -0.25) is 20.2 Å². The van der Waals surface area contributed by atoms with Crippen molar-refractivity contribution in [2.24, 2.45) is 0 Å². The molecule has 0 aliphatic heterocycles. The van der Waals surface area contributed by atoms with Crippen LogP contribution in [0.15, 0.2) is 30.1 Å². The molecule has 2 N–H and O–H groups in total. The molecule has 1 aromatic carbocycles. The average Bonchev–Trinajstić information content (AvgIpc) is 2.26. The van der Waals surface area contributed by atoms with Crippen LogP contribution in [0, 0.1) is 20.2 Å². The van der Waals surface area contributed by atoms with Crippen molar-refractivity contribution in [2.45, 2.75) is 0 Å². The van der Waals surface area contributed by atoms with Gasteiger partial charge in [0.25, 0.3) is 5.69 Å². The molecule has 0 saturated heterocycles. The second-order valence-corrected chi connectivity index (χ2v) is 2.70. The first-order chi connectivity index (χ1) is 7.45. The van der Waals surface area contributed by atoms with Crippen molar-refractivity contribution in [2.75, 3.05) is 0 Å². The Morgan fingerprint density at radius 3 is 2.19 bits per heavy atom. The Hall–Kier alpha value is -2.64. The molecule has 0 atom stereocenters. The van der Waals surface area contributed by atoms with Crippen LogP contribution >= 0.6 is 0 Å². The Kier molecular flexibility index (Phi) is 3.04. The Morgan fingerprint density at radius 2 is 1.69 bits per heavy atom. The average molecular weight is 226 g/mol. The van der Waals surface area contributed by atoms with E-state index in [0.717, 1.165) is 12.1 Å². The lowest BCUT2D eigenvalue weighted by atomic mass is 10.1. The summed E-state index contributed by atoms with van der Waals surface area (Å²) in [5.74, 6) is -2.67. The van der Waals surface area contributed by atoms with E-state index in [9.17, 15) is 25.3 Å². The molecule has 0 amide bonds. The minimum atomic E-state index is -1.53. The van der Waals surface area contributed by atoms with Crippen LogP contribution < -0.4 is 0 Å². The van der Waals surface area contributed by atoms with Crippen LogP contribution in [0.2, 0.25) is 0 Å². The van der Waals surface area contributed by atoms with Gasteiger partial charge < -0.3 is 10.2 Å². The summed E-state index contributed by atoms with van der Waals surface area (Å²) in [7, 11) is 0. The molecular weight excluding hydrogens is 220 g/mol. The van der Waals surface area contributed by atoms with Crippen molar-refractivity contribution in [3.63, 3.8) is 0 Å². The maximum Gasteiger partial charge on any atom is 0.468 e. The van der Waals surface area contributed by atoms with Crippen molar-refractivity contribution in [3.05, 3.63) is 55.9 Å². The molecule has 0 fully saturated rings. The van der Waals surface area contributed by atoms with E-state index >= 15 is 0 Å². The van der Waals surface area contributed by atoms with Crippen LogP contribution in [0.25, 0.3) is 5.76 Å². The highest BCUT2D eigenvalue weighted by Gasteiger charge is 2.24. The molecule has 0 bridgehead atoms. The highest BCUT2D eigenvalue weighted by Crippen LogP contribution is 2.25. The lowest BCUT2D eigenvalue weighted by Crippen LogP contribution is -2.03. The summed E-state index contributed by atoms with van der Waals surface area (Å²) in [6.45, 7) is 0. The first-order valence-corrected chi connectivity index (χ1v) is 3.95. The Morgan fingerprint density at radius 1 is 1.12 bits per heavy atom. The topological polar surface area (TPSA) is 127 Å². The highest BCUT2D eigenvalue weighted by atomic mass is 16.7. The van der Waals surface area contributed by atoms with E-state index in [0.29, 0.717) is 0 Å². The maximum absolute atomic E-state index is 10.5. The molecule has 1 aromatic rings. The Bertz CT molecular complexity index is 481. The number of nitrogens with zero attached hydrogens (tertiary/aromatic N) is 2. The maximum atomic E-state index is 10.5. The molecular formula is C8H6N2O6. The minimum Gasteiger partial charge on any atom is -0.499 e.